The Bertz CT molecular complexity index is 248. The number of hydrogen-bond acceptors (Lipinski definition) is 2. The molecular formula is C9H15ClN2O. The Labute approximate surface area is 83.6 Å². The number of ether oxygens (including phenoxy) is 1. The fraction of sp³-hybridized carbons (Fsp3) is 0.667. The third-order valence-corrected chi connectivity index (χ3v) is 1.92. The molecule has 0 spiro atoms. The Morgan fingerprint density at radius 1 is 1.62 bits per heavy atom. The quantitative estimate of drug-likeness (QED) is 0.542. The topological polar surface area (TPSA) is 27.1 Å². The number of aromatic nitrogens is 2. The van der Waals surface area contributed by atoms with Crippen molar-refractivity contribution in [1.82, 2.24) is 9.78 Å². The zero-order valence-corrected chi connectivity index (χ0v) is 8.79. The van der Waals surface area contributed by atoms with E-state index >= 15 is 0 Å². The number of halogens is 1. The van der Waals surface area contributed by atoms with Crippen LogP contribution in [0.15, 0.2) is 12.4 Å². The van der Waals surface area contributed by atoms with Gasteiger partial charge >= 0.3 is 0 Å². The minimum atomic E-state index is 0.380. The monoisotopic (exact) mass is 202 g/mol. The molecule has 0 amide bonds. The van der Waals surface area contributed by atoms with E-state index in [0.29, 0.717) is 18.5 Å². The molecule has 0 saturated heterocycles. The van der Waals surface area contributed by atoms with Gasteiger partial charge in [-0.25, -0.2) is 0 Å². The van der Waals surface area contributed by atoms with Gasteiger partial charge in [0.1, 0.15) is 0 Å². The Kier molecular flexibility index (Phi) is 4.09. The van der Waals surface area contributed by atoms with Crippen LogP contribution < -0.4 is 4.74 Å². The predicted molar refractivity (Wildman–Crippen MR) is 53.4 cm³/mol. The van der Waals surface area contributed by atoms with Gasteiger partial charge in [-0.3, -0.25) is 4.68 Å². The Morgan fingerprint density at radius 3 is 2.92 bits per heavy atom. The molecule has 0 aliphatic heterocycles. The van der Waals surface area contributed by atoms with E-state index in [0.717, 1.165) is 12.2 Å². The van der Waals surface area contributed by atoms with E-state index in [1.807, 2.05) is 10.9 Å². The minimum absolute atomic E-state index is 0.380. The van der Waals surface area contributed by atoms with Crippen LogP contribution in [0, 0.1) is 0 Å². The highest BCUT2D eigenvalue weighted by molar-refractivity contribution is 6.17. The first-order valence-electron chi connectivity index (χ1n) is 4.47. The average molecular weight is 203 g/mol. The van der Waals surface area contributed by atoms with Gasteiger partial charge in [0, 0.05) is 11.9 Å². The zero-order valence-electron chi connectivity index (χ0n) is 8.03. The van der Waals surface area contributed by atoms with Gasteiger partial charge in [-0.05, 0) is 20.3 Å². The molecule has 0 atom stereocenters. The van der Waals surface area contributed by atoms with E-state index in [1.54, 1.807) is 6.20 Å². The molecule has 0 aliphatic carbocycles. The van der Waals surface area contributed by atoms with Crippen molar-refractivity contribution < 1.29 is 4.74 Å². The molecule has 1 aromatic heterocycles. The number of hydrogen-bond donors (Lipinski definition) is 0. The Hall–Kier alpha value is -0.700. The Balaban J connectivity index is 2.40. The van der Waals surface area contributed by atoms with Crippen molar-refractivity contribution in [2.45, 2.75) is 26.3 Å². The normalized spacial score (nSPS) is 10.8. The molecule has 0 bridgehead atoms. The molecule has 13 heavy (non-hydrogen) atoms. The van der Waals surface area contributed by atoms with Crippen molar-refractivity contribution in [3.8, 4) is 5.75 Å². The molecule has 0 aliphatic rings. The first kappa shape index (κ1) is 10.4. The third kappa shape index (κ3) is 3.27. The van der Waals surface area contributed by atoms with Crippen LogP contribution in [0.4, 0.5) is 0 Å². The van der Waals surface area contributed by atoms with Crippen LogP contribution in [0.2, 0.25) is 0 Å². The number of rotatable bonds is 5. The van der Waals surface area contributed by atoms with E-state index in [9.17, 15) is 0 Å². The van der Waals surface area contributed by atoms with E-state index in [1.165, 1.54) is 0 Å². The largest absolute Gasteiger partial charge is 0.490 e. The maximum absolute atomic E-state index is 5.52. The molecule has 0 fully saturated rings. The molecule has 1 aromatic rings. The van der Waals surface area contributed by atoms with Crippen LogP contribution in [-0.2, 0) is 0 Å². The van der Waals surface area contributed by atoms with Crippen molar-refractivity contribution in [3.63, 3.8) is 0 Å². The highest BCUT2D eigenvalue weighted by Gasteiger charge is 2.01. The summed E-state index contributed by atoms with van der Waals surface area (Å²) < 4.78 is 7.28. The highest BCUT2D eigenvalue weighted by atomic mass is 35.5. The lowest BCUT2D eigenvalue weighted by atomic mass is 10.4. The fourth-order valence-electron chi connectivity index (χ4n) is 0.922. The van der Waals surface area contributed by atoms with Crippen LogP contribution in [0.5, 0.6) is 5.75 Å². The van der Waals surface area contributed by atoms with Crippen molar-refractivity contribution in [2.75, 3.05) is 12.5 Å². The van der Waals surface area contributed by atoms with E-state index in [2.05, 4.69) is 18.9 Å². The summed E-state index contributed by atoms with van der Waals surface area (Å²) >= 11 is 5.52. The summed E-state index contributed by atoms with van der Waals surface area (Å²) in [4.78, 5) is 0. The second kappa shape index (κ2) is 5.12. The SMILES string of the molecule is CC(C)n1cc(OCCCCl)cn1. The highest BCUT2D eigenvalue weighted by Crippen LogP contribution is 2.12. The second-order valence-electron chi connectivity index (χ2n) is 3.14. The van der Waals surface area contributed by atoms with Gasteiger partial charge in [0.05, 0.1) is 19.0 Å². The van der Waals surface area contributed by atoms with Crippen LogP contribution in [0.1, 0.15) is 26.3 Å². The standard InChI is InChI=1S/C9H15ClN2O/c1-8(2)12-7-9(6-11-12)13-5-3-4-10/h6-8H,3-5H2,1-2H3. The summed E-state index contributed by atoms with van der Waals surface area (Å²) in [6, 6.07) is 0.380. The summed E-state index contributed by atoms with van der Waals surface area (Å²) in [7, 11) is 0. The summed E-state index contributed by atoms with van der Waals surface area (Å²) in [5, 5.41) is 4.15. The molecule has 0 unspecified atom stereocenters. The molecular weight excluding hydrogens is 188 g/mol. The molecule has 3 nitrogen and oxygen atoms in total. The van der Waals surface area contributed by atoms with E-state index < -0.39 is 0 Å². The minimum Gasteiger partial charge on any atom is -0.490 e. The third-order valence-electron chi connectivity index (χ3n) is 1.65. The lowest BCUT2D eigenvalue weighted by molar-refractivity contribution is 0.317. The van der Waals surface area contributed by atoms with Crippen molar-refractivity contribution in [2.24, 2.45) is 0 Å². The molecule has 0 aromatic carbocycles. The molecule has 0 saturated carbocycles. The first-order chi connectivity index (χ1) is 6.24. The predicted octanol–water partition coefficient (Wildman–Crippen LogP) is 2.47. The lowest BCUT2D eigenvalue weighted by Crippen LogP contribution is -2.00. The van der Waals surface area contributed by atoms with Gasteiger partial charge in [-0.15, -0.1) is 11.6 Å². The van der Waals surface area contributed by atoms with Gasteiger partial charge in [-0.1, -0.05) is 0 Å². The molecule has 1 rings (SSSR count). The maximum Gasteiger partial charge on any atom is 0.157 e. The fourth-order valence-corrected chi connectivity index (χ4v) is 1.03. The van der Waals surface area contributed by atoms with Crippen molar-refractivity contribution in [1.29, 1.82) is 0 Å². The van der Waals surface area contributed by atoms with Gasteiger partial charge in [0.15, 0.2) is 5.75 Å². The molecule has 74 valence electrons. The van der Waals surface area contributed by atoms with Gasteiger partial charge in [0.2, 0.25) is 0 Å². The van der Waals surface area contributed by atoms with Crippen LogP contribution in [0.25, 0.3) is 0 Å². The number of alkyl halides is 1. The lowest BCUT2D eigenvalue weighted by Gasteiger charge is -2.03. The number of nitrogens with zero attached hydrogens (tertiary/aromatic N) is 2. The van der Waals surface area contributed by atoms with Crippen molar-refractivity contribution in [3.05, 3.63) is 12.4 Å². The van der Waals surface area contributed by atoms with E-state index in [4.69, 9.17) is 16.3 Å². The smallest absolute Gasteiger partial charge is 0.157 e. The van der Waals surface area contributed by atoms with Crippen molar-refractivity contribution >= 4 is 11.6 Å². The van der Waals surface area contributed by atoms with Gasteiger partial charge in [-0.2, -0.15) is 5.10 Å². The summed E-state index contributed by atoms with van der Waals surface area (Å²) in [5.41, 5.74) is 0. The van der Waals surface area contributed by atoms with Crippen LogP contribution >= 0.6 is 11.6 Å². The molecule has 0 N–H and O–H groups in total. The summed E-state index contributed by atoms with van der Waals surface area (Å²) in [6.45, 7) is 4.82. The Morgan fingerprint density at radius 2 is 2.38 bits per heavy atom. The molecule has 4 heteroatoms. The van der Waals surface area contributed by atoms with Gasteiger partial charge in [0.25, 0.3) is 0 Å². The first-order valence-corrected chi connectivity index (χ1v) is 5.00. The maximum atomic E-state index is 5.52. The second-order valence-corrected chi connectivity index (χ2v) is 3.52. The summed E-state index contributed by atoms with van der Waals surface area (Å²) in [6.07, 6.45) is 4.50. The zero-order chi connectivity index (χ0) is 9.68. The van der Waals surface area contributed by atoms with Gasteiger partial charge < -0.3 is 4.74 Å². The van der Waals surface area contributed by atoms with E-state index in [-0.39, 0.29) is 0 Å². The molecule has 0 radical (unpaired) electrons. The van der Waals surface area contributed by atoms with Crippen LogP contribution in [0.3, 0.4) is 0 Å². The molecule has 1 heterocycles. The average Bonchev–Trinajstić information content (AvgIpc) is 2.53. The van der Waals surface area contributed by atoms with Crippen LogP contribution in [-0.4, -0.2) is 22.3 Å². The summed E-state index contributed by atoms with van der Waals surface area (Å²) in [5.74, 6) is 1.46.